The molecule has 24 heavy (non-hydrogen) atoms. The van der Waals surface area contributed by atoms with E-state index in [0.29, 0.717) is 19.4 Å². The zero-order valence-corrected chi connectivity index (χ0v) is 15.2. The summed E-state index contributed by atoms with van der Waals surface area (Å²) in [5, 5.41) is 0. The molecular weight excluding hydrogens is 306 g/mol. The average Bonchev–Trinajstić information content (AvgIpc) is 2.83. The quantitative estimate of drug-likeness (QED) is 0.795. The number of methoxy groups -OCH3 is 1. The minimum atomic E-state index is -1.02. The van der Waals surface area contributed by atoms with Crippen molar-refractivity contribution in [3.05, 3.63) is 35.9 Å². The lowest BCUT2D eigenvalue weighted by atomic mass is 9.86. The fraction of sp³-hybridized carbons (Fsp3) is 0.579. The van der Waals surface area contributed by atoms with Crippen LogP contribution in [0.25, 0.3) is 0 Å². The predicted octanol–water partition coefficient (Wildman–Crippen LogP) is 3.42. The van der Waals surface area contributed by atoms with Crippen LogP contribution in [-0.4, -0.2) is 41.8 Å². The molecule has 0 bridgehead atoms. The van der Waals surface area contributed by atoms with Crippen molar-refractivity contribution in [2.24, 2.45) is 5.92 Å². The van der Waals surface area contributed by atoms with Gasteiger partial charge in [-0.25, -0.2) is 9.59 Å². The molecule has 1 aliphatic heterocycles. The molecule has 1 aliphatic rings. The molecule has 1 fully saturated rings. The van der Waals surface area contributed by atoms with Gasteiger partial charge in [-0.2, -0.15) is 0 Å². The van der Waals surface area contributed by atoms with E-state index in [1.165, 1.54) is 7.11 Å². The topological polar surface area (TPSA) is 55.8 Å². The van der Waals surface area contributed by atoms with E-state index in [4.69, 9.17) is 9.47 Å². The first kappa shape index (κ1) is 18.3. The van der Waals surface area contributed by atoms with E-state index in [-0.39, 0.29) is 11.9 Å². The van der Waals surface area contributed by atoms with Gasteiger partial charge in [-0.3, -0.25) is 4.90 Å². The second kappa shape index (κ2) is 6.83. The van der Waals surface area contributed by atoms with Crippen molar-refractivity contribution < 1.29 is 19.1 Å². The molecule has 0 aliphatic carbocycles. The third-order valence-corrected chi connectivity index (χ3v) is 4.22. The summed E-state index contributed by atoms with van der Waals surface area (Å²) in [7, 11) is 1.37. The van der Waals surface area contributed by atoms with Crippen LogP contribution in [0.15, 0.2) is 30.3 Å². The lowest BCUT2D eigenvalue weighted by Crippen LogP contribution is -2.56. The van der Waals surface area contributed by atoms with E-state index in [1.54, 1.807) is 4.90 Å². The van der Waals surface area contributed by atoms with Gasteiger partial charge in [0.1, 0.15) is 11.1 Å². The summed E-state index contributed by atoms with van der Waals surface area (Å²) in [5.41, 5.74) is -0.638. The van der Waals surface area contributed by atoms with Gasteiger partial charge in [-0.05, 0) is 38.7 Å². The Balaban J connectivity index is 2.38. The van der Waals surface area contributed by atoms with Crippen LogP contribution in [0.4, 0.5) is 4.79 Å². The van der Waals surface area contributed by atoms with Crippen molar-refractivity contribution >= 4 is 12.1 Å². The molecule has 1 aromatic rings. The normalized spacial score (nSPS) is 23.9. The maximum atomic E-state index is 12.7. The molecule has 0 radical (unpaired) electrons. The summed E-state index contributed by atoms with van der Waals surface area (Å²) in [4.78, 5) is 27.0. The minimum Gasteiger partial charge on any atom is -0.467 e. The highest BCUT2D eigenvalue weighted by Gasteiger charge is 2.54. The predicted molar refractivity (Wildman–Crippen MR) is 91.6 cm³/mol. The van der Waals surface area contributed by atoms with Crippen LogP contribution >= 0.6 is 0 Å². The first-order valence-electron chi connectivity index (χ1n) is 8.31. The Morgan fingerprint density at radius 2 is 1.88 bits per heavy atom. The Bertz CT molecular complexity index is 593. The van der Waals surface area contributed by atoms with E-state index in [0.717, 1.165) is 5.56 Å². The van der Waals surface area contributed by atoms with Crippen molar-refractivity contribution in [3.63, 3.8) is 0 Å². The van der Waals surface area contributed by atoms with Crippen LogP contribution < -0.4 is 0 Å². The highest BCUT2D eigenvalue weighted by atomic mass is 16.6. The molecule has 0 aromatic heterocycles. The van der Waals surface area contributed by atoms with Gasteiger partial charge in [-0.15, -0.1) is 0 Å². The van der Waals surface area contributed by atoms with Crippen LogP contribution in [0.3, 0.4) is 0 Å². The molecule has 0 spiro atoms. The molecule has 132 valence electrons. The Kier molecular flexibility index (Phi) is 5.21. The largest absolute Gasteiger partial charge is 0.467 e. The van der Waals surface area contributed by atoms with Gasteiger partial charge in [0, 0.05) is 13.0 Å². The highest BCUT2D eigenvalue weighted by Crippen LogP contribution is 2.38. The standard InChI is InChI=1S/C19H27NO4/c1-14-11-19(16(21)23-5,12-15-9-7-6-8-10-15)20(13-14)17(22)24-18(2,3)4/h6-10,14H,11-13H2,1-5H3/t14-,19+/m0/s1. The second-order valence-corrected chi connectivity index (χ2v) is 7.59. The number of hydrogen-bond acceptors (Lipinski definition) is 4. The maximum absolute atomic E-state index is 12.7. The summed E-state index contributed by atoms with van der Waals surface area (Å²) in [6.07, 6.45) is 0.519. The summed E-state index contributed by atoms with van der Waals surface area (Å²) >= 11 is 0. The first-order chi connectivity index (χ1) is 11.2. The van der Waals surface area contributed by atoms with E-state index in [1.807, 2.05) is 58.0 Å². The zero-order chi connectivity index (χ0) is 18.0. The van der Waals surface area contributed by atoms with Gasteiger partial charge >= 0.3 is 12.1 Å². The van der Waals surface area contributed by atoms with Gasteiger partial charge in [0.25, 0.3) is 0 Å². The summed E-state index contributed by atoms with van der Waals surface area (Å²) in [6.45, 7) is 7.98. The molecule has 1 aromatic carbocycles. The van der Waals surface area contributed by atoms with Gasteiger partial charge in [0.05, 0.1) is 7.11 Å². The lowest BCUT2D eigenvalue weighted by Gasteiger charge is -2.36. The first-order valence-corrected chi connectivity index (χ1v) is 8.31. The number of rotatable bonds is 3. The van der Waals surface area contributed by atoms with E-state index >= 15 is 0 Å². The van der Waals surface area contributed by atoms with Crippen molar-refractivity contribution in [2.45, 2.75) is 51.7 Å². The Morgan fingerprint density at radius 3 is 2.42 bits per heavy atom. The highest BCUT2D eigenvalue weighted by molar-refractivity contribution is 5.87. The molecule has 0 N–H and O–H groups in total. The molecule has 2 atom stereocenters. The summed E-state index contributed by atoms with van der Waals surface area (Å²) < 4.78 is 10.6. The SMILES string of the molecule is COC(=O)[C@]1(Cc2ccccc2)C[C@H](C)CN1C(=O)OC(C)(C)C. The molecule has 5 nitrogen and oxygen atoms in total. The molecule has 1 amide bonds. The molecule has 1 saturated heterocycles. The number of hydrogen-bond donors (Lipinski definition) is 0. The number of esters is 1. The van der Waals surface area contributed by atoms with Crippen molar-refractivity contribution in [3.8, 4) is 0 Å². The van der Waals surface area contributed by atoms with Crippen molar-refractivity contribution in [1.82, 2.24) is 4.90 Å². The number of amides is 1. The van der Waals surface area contributed by atoms with Crippen LogP contribution in [0.1, 0.15) is 39.7 Å². The monoisotopic (exact) mass is 333 g/mol. The van der Waals surface area contributed by atoms with Crippen LogP contribution in [0.5, 0.6) is 0 Å². The van der Waals surface area contributed by atoms with Crippen LogP contribution in [-0.2, 0) is 20.7 Å². The lowest BCUT2D eigenvalue weighted by molar-refractivity contribution is -0.153. The van der Waals surface area contributed by atoms with Crippen LogP contribution in [0, 0.1) is 5.92 Å². The summed E-state index contributed by atoms with van der Waals surface area (Å²) in [5.74, 6) is -0.193. The molecule has 5 heteroatoms. The Morgan fingerprint density at radius 1 is 1.25 bits per heavy atom. The fourth-order valence-electron chi connectivity index (χ4n) is 3.36. The number of nitrogens with zero attached hydrogens (tertiary/aromatic N) is 1. The number of likely N-dealkylation sites (tertiary alicyclic amines) is 1. The number of benzene rings is 1. The van der Waals surface area contributed by atoms with Gasteiger partial charge in [0.2, 0.25) is 0 Å². The van der Waals surface area contributed by atoms with Crippen LogP contribution in [0.2, 0.25) is 0 Å². The third-order valence-electron chi connectivity index (χ3n) is 4.22. The molecule has 1 heterocycles. The molecule has 0 saturated carbocycles. The number of carbonyl (C=O) groups is 2. The minimum absolute atomic E-state index is 0.195. The van der Waals surface area contributed by atoms with Crippen molar-refractivity contribution in [1.29, 1.82) is 0 Å². The second-order valence-electron chi connectivity index (χ2n) is 7.59. The number of ether oxygens (including phenoxy) is 2. The van der Waals surface area contributed by atoms with E-state index in [2.05, 4.69) is 0 Å². The van der Waals surface area contributed by atoms with E-state index < -0.39 is 17.2 Å². The molecule has 0 unspecified atom stereocenters. The van der Waals surface area contributed by atoms with Gasteiger partial charge in [0.15, 0.2) is 0 Å². The fourth-order valence-corrected chi connectivity index (χ4v) is 3.36. The smallest absolute Gasteiger partial charge is 0.411 e. The maximum Gasteiger partial charge on any atom is 0.411 e. The van der Waals surface area contributed by atoms with E-state index in [9.17, 15) is 9.59 Å². The molecule has 2 rings (SSSR count). The average molecular weight is 333 g/mol. The van der Waals surface area contributed by atoms with Gasteiger partial charge in [-0.1, -0.05) is 37.3 Å². The summed E-state index contributed by atoms with van der Waals surface area (Å²) in [6, 6.07) is 9.70. The third kappa shape index (κ3) is 3.89. The Hall–Kier alpha value is -2.04. The zero-order valence-electron chi connectivity index (χ0n) is 15.2. The Labute approximate surface area is 143 Å². The van der Waals surface area contributed by atoms with Crippen molar-refractivity contribution in [2.75, 3.05) is 13.7 Å². The number of carbonyl (C=O) groups excluding carboxylic acids is 2. The van der Waals surface area contributed by atoms with Gasteiger partial charge < -0.3 is 9.47 Å². The molecular formula is C19H27NO4.